The van der Waals surface area contributed by atoms with Crippen molar-refractivity contribution >= 4 is 11.2 Å². The van der Waals surface area contributed by atoms with Gasteiger partial charge in [0.25, 0.3) is 5.56 Å². The Hall–Kier alpha value is -2.09. The van der Waals surface area contributed by atoms with Crippen molar-refractivity contribution in [3.63, 3.8) is 0 Å². The van der Waals surface area contributed by atoms with E-state index in [9.17, 15) is 14.4 Å². The SMILES string of the molecule is CCO.O=c1[nH]c(=O)c2[nH]c(=O)[nH]c2[nH]1. The molecule has 15 heavy (non-hydrogen) atoms. The molecule has 0 radical (unpaired) electrons. The highest BCUT2D eigenvalue weighted by atomic mass is 16.2. The molecule has 2 aromatic rings. The zero-order valence-electron chi connectivity index (χ0n) is 7.88. The molecule has 0 aromatic carbocycles. The fraction of sp³-hybridized carbons (Fsp3) is 0.286. The molecule has 5 N–H and O–H groups in total. The number of H-pyrrole nitrogens is 4. The molecule has 0 aliphatic heterocycles. The highest BCUT2D eigenvalue weighted by Gasteiger charge is 2.02. The zero-order valence-corrected chi connectivity index (χ0v) is 7.88. The van der Waals surface area contributed by atoms with Crippen LogP contribution in [-0.2, 0) is 0 Å². The van der Waals surface area contributed by atoms with E-state index in [0.717, 1.165) is 0 Å². The fourth-order valence-corrected chi connectivity index (χ4v) is 0.958. The normalized spacial score (nSPS) is 9.73. The number of imidazole rings is 1. The second-order valence-electron chi connectivity index (χ2n) is 2.55. The first kappa shape index (κ1) is 11.0. The predicted octanol–water partition coefficient (Wildman–Crippen LogP) is -1.77. The van der Waals surface area contributed by atoms with Crippen LogP contribution in [0.25, 0.3) is 11.2 Å². The van der Waals surface area contributed by atoms with Gasteiger partial charge in [-0.25, -0.2) is 9.59 Å². The van der Waals surface area contributed by atoms with E-state index in [4.69, 9.17) is 5.11 Å². The van der Waals surface area contributed by atoms with Gasteiger partial charge in [-0.05, 0) is 6.92 Å². The summed E-state index contributed by atoms with van der Waals surface area (Å²) in [6.45, 7) is 1.93. The quantitative estimate of drug-likeness (QED) is 0.354. The monoisotopic (exact) mass is 214 g/mol. The average molecular weight is 214 g/mol. The molecular formula is C7H10N4O4. The lowest BCUT2D eigenvalue weighted by Gasteiger charge is -1.83. The summed E-state index contributed by atoms with van der Waals surface area (Å²) in [4.78, 5) is 41.0. The van der Waals surface area contributed by atoms with E-state index < -0.39 is 16.9 Å². The summed E-state index contributed by atoms with van der Waals surface area (Å²) >= 11 is 0. The Morgan fingerprint density at radius 2 is 1.47 bits per heavy atom. The lowest BCUT2D eigenvalue weighted by Crippen LogP contribution is -2.21. The molecule has 0 amide bonds. The zero-order chi connectivity index (χ0) is 11.4. The van der Waals surface area contributed by atoms with Gasteiger partial charge < -0.3 is 5.11 Å². The molecule has 82 valence electrons. The Balaban J connectivity index is 0.000000337. The molecule has 2 rings (SSSR count). The number of aromatic nitrogens is 4. The number of fused-ring (bicyclic) bond motifs is 1. The molecule has 8 nitrogen and oxygen atoms in total. The molecule has 0 aliphatic carbocycles. The third kappa shape index (κ3) is 2.44. The predicted molar refractivity (Wildman–Crippen MR) is 52.9 cm³/mol. The standard InChI is InChI=1S/C5H4N4O3.C2H6O/c10-3-1-2(7-4(11)6-1)8-5(12)9-3;1-2-3/h(H4,6,7,8,9,10,11,12);3H,2H2,1H3. The van der Waals surface area contributed by atoms with Crippen LogP contribution in [0.5, 0.6) is 0 Å². The van der Waals surface area contributed by atoms with E-state index in [-0.39, 0.29) is 17.8 Å². The summed E-state index contributed by atoms with van der Waals surface area (Å²) in [5.74, 6) is 0. The summed E-state index contributed by atoms with van der Waals surface area (Å²) in [5, 5.41) is 7.57. The van der Waals surface area contributed by atoms with Crippen LogP contribution in [0.15, 0.2) is 14.4 Å². The number of nitrogens with one attached hydrogen (secondary N) is 4. The van der Waals surface area contributed by atoms with Crippen LogP contribution >= 0.6 is 0 Å². The van der Waals surface area contributed by atoms with Crippen LogP contribution in [0.4, 0.5) is 0 Å². The minimum absolute atomic E-state index is 0.0413. The van der Waals surface area contributed by atoms with Gasteiger partial charge in [-0.2, -0.15) is 0 Å². The Labute approximate surface area is 82.0 Å². The highest BCUT2D eigenvalue weighted by molar-refractivity contribution is 5.67. The third-order valence-corrected chi connectivity index (χ3v) is 1.42. The van der Waals surface area contributed by atoms with E-state index in [1.54, 1.807) is 6.92 Å². The first-order valence-electron chi connectivity index (χ1n) is 4.14. The van der Waals surface area contributed by atoms with Crippen LogP contribution in [0.1, 0.15) is 6.92 Å². The Kier molecular flexibility index (Phi) is 3.24. The molecule has 0 atom stereocenters. The van der Waals surface area contributed by atoms with Gasteiger partial charge in [0.05, 0.1) is 0 Å². The van der Waals surface area contributed by atoms with Gasteiger partial charge in [0, 0.05) is 6.61 Å². The Morgan fingerprint density at radius 1 is 1.00 bits per heavy atom. The van der Waals surface area contributed by atoms with Crippen LogP contribution in [0, 0.1) is 0 Å². The number of aromatic amines is 4. The fourth-order valence-electron chi connectivity index (χ4n) is 0.958. The van der Waals surface area contributed by atoms with Gasteiger partial charge in [-0.1, -0.05) is 0 Å². The maximum absolute atomic E-state index is 10.9. The number of hydrogen-bond acceptors (Lipinski definition) is 4. The largest absolute Gasteiger partial charge is 0.397 e. The van der Waals surface area contributed by atoms with Gasteiger partial charge >= 0.3 is 11.4 Å². The van der Waals surface area contributed by atoms with Crippen LogP contribution in [0.2, 0.25) is 0 Å². The third-order valence-electron chi connectivity index (χ3n) is 1.42. The number of aliphatic hydroxyl groups excluding tert-OH is 1. The Bertz CT molecular complexity index is 601. The molecule has 0 unspecified atom stereocenters. The highest BCUT2D eigenvalue weighted by Crippen LogP contribution is 1.88. The van der Waals surface area contributed by atoms with Crippen molar-refractivity contribution in [3.05, 3.63) is 31.3 Å². The van der Waals surface area contributed by atoms with Crippen LogP contribution in [-0.4, -0.2) is 31.6 Å². The molecule has 2 heterocycles. The number of hydrogen-bond donors (Lipinski definition) is 5. The number of rotatable bonds is 0. The molecule has 0 aliphatic rings. The van der Waals surface area contributed by atoms with E-state index in [2.05, 4.69) is 15.0 Å². The van der Waals surface area contributed by atoms with Crippen molar-refractivity contribution in [1.82, 2.24) is 19.9 Å². The molecular weight excluding hydrogens is 204 g/mol. The van der Waals surface area contributed by atoms with E-state index in [0.29, 0.717) is 0 Å². The molecule has 0 saturated heterocycles. The molecule has 0 spiro atoms. The number of aliphatic hydroxyl groups is 1. The first-order valence-corrected chi connectivity index (χ1v) is 4.14. The van der Waals surface area contributed by atoms with Gasteiger partial charge in [-0.15, -0.1) is 0 Å². The minimum Gasteiger partial charge on any atom is -0.397 e. The molecule has 0 bridgehead atoms. The second-order valence-corrected chi connectivity index (χ2v) is 2.55. The first-order chi connectivity index (χ1) is 7.08. The van der Waals surface area contributed by atoms with Gasteiger partial charge in [-0.3, -0.25) is 24.7 Å². The molecule has 0 fully saturated rings. The molecule has 0 saturated carbocycles. The van der Waals surface area contributed by atoms with Gasteiger partial charge in [0.15, 0.2) is 0 Å². The van der Waals surface area contributed by atoms with E-state index in [1.807, 2.05) is 4.98 Å². The van der Waals surface area contributed by atoms with Crippen LogP contribution in [0.3, 0.4) is 0 Å². The van der Waals surface area contributed by atoms with Crippen molar-refractivity contribution in [2.75, 3.05) is 6.61 Å². The van der Waals surface area contributed by atoms with E-state index >= 15 is 0 Å². The Morgan fingerprint density at radius 3 is 2.00 bits per heavy atom. The summed E-state index contributed by atoms with van der Waals surface area (Å²) in [6, 6.07) is 0. The second kappa shape index (κ2) is 4.42. The lowest BCUT2D eigenvalue weighted by molar-refractivity contribution is 0.318. The smallest absolute Gasteiger partial charge is 0.327 e. The van der Waals surface area contributed by atoms with Gasteiger partial charge in [0.2, 0.25) is 0 Å². The minimum atomic E-state index is -0.650. The van der Waals surface area contributed by atoms with Gasteiger partial charge in [0.1, 0.15) is 11.2 Å². The summed E-state index contributed by atoms with van der Waals surface area (Å²) in [5.41, 5.74) is -1.65. The maximum Gasteiger partial charge on any atom is 0.327 e. The van der Waals surface area contributed by atoms with E-state index in [1.165, 1.54) is 0 Å². The van der Waals surface area contributed by atoms with Crippen molar-refractivity contribution in [2.24, 2.45) is 0 Å². The van der Waals surface area contributed by atoms with Crippen molar-refractivity contribution in [1.29, 1.82) is 0 Å². The summed E-state index contributed by atoms with van der Waals surface area (Å²) < 4.78 is 0. The average Bonchev–Trinajstić information content (AvgIpc) is 2.47. The summed E-state index contributed by atoms with van der Waals surface area (Å²) in [7, 11) is 0. The van der Waals surface area contributed by atoms with Crippen molar-refractivity contribution < 1.29 is 5.11 Å². The van der Waals surface area contributed by atoms with Crippen LogP contribution < -0.4 is 16.9 Å². The molecule has 2 aromatic heterocycles. The molecule has 8 heteroatoms. The lowest BCUT2D eigenvalue weighted by atomic mass is 10.5. The summed E-state index contributed by atoms with van der Waals surface area (Å²) in [6.07, 6.45) is 0. The maximum atomic E-state index is 10.9. The van der Waals surface area contributed by atoms with Crippen molar-refractivity contribution in [2.45, 2.75) is 6.92 Å². The topological polar surface area (TPSA) is 135 Å². The van der Waals surface area contributed by atoms with Crippen molar-refractivity contribution in [3.8, 4) is 0 Å².